The minimum Gasteiger partial charge on any atom is -0.326 e. The largest absolute Gasteiger partial charge is 0.326 e. The maximum atomic E-state index is 10.0. The molecule has 0 aliphatic carbocycles. The fourth-order valence-electron chi connectivity index (χ4n) is 0.651. The van der Waals surface area contributed by atoms with Crippen LogP contribution in [0.25, 0.3) is 0 Å². The lowest BCUT2D eigenvalue weighted by atomic mass is 10.1. The summed E-state index contributed by atoms with van der Waals surface area (Å²) >= 11 is 0. The first-order valence-corrected chi connectivity index (χ1v) is 4.75. The highest BCUT2D eigenvalue weighted by Crippen LogP contribution is 2.15. The first-order valence-electron chi connectivity index (χ1n) is 3.48. The normalized spacial score (nSPS) is 14.0. The van der Waals surface area contributed by atoms with E-state index in [4.69, 9.17) is 4.89 Å². The van der Waals surface area contributed by atoms with Gasteiger partial charge < -0.3 is 9.42 Å². The third-order valence-electron chi connectivity index (χ3n) is 1.15. The van der Waals surface area contributed by atoms with Gasteiger partial charge in [-0.05, 0) is 18.8 Å². The Labute approximate surface area is 62.3 Å². The van der Waals surface area contributed by atoms with Crippen molar-refractivity contribution >= 4 is 8.25 Å². The standard InChI is InChI=1S/C6H15O3P/c1-6(2)4-3-5-9-10(7)8/h6,10H,3-5H2,1-2H3,(H,7,8). The molecule has 0 spiro atoms. The molecule has 1 N–H and O–H groups in total. The number of hydrogen-bond donors (Lipinski definition) is 1. The van der Waals surface area contributed by atoms with Crippen LogP contribution >= 0.6 is 8.25 Å². The van der Waals surface area contributed by atoms with Gasteiger partial charge in [0.25, 0.3) is 0 Å². The molecule has 4 heteroatoms. The molecule has 0 radical (unpaired) electrons. The number of hydrogen-bond acceptors (Lipinski definition) is 2. The predicted octanol–water partition coefficient (Wildman–Crippen LogP) is 1.82. The Morgan fingerprint density at radius 3 is 2.60 bits per heavy atom. The van der Waals surface area contributed by atoms with Crippen molar-refractivity contribution in [3.63, 3.8) is 0 Å². The summed E-state index contributed by atoms with van der Waals surface area (Å²) in [6.07, 6.45) is 1.92. The Morgan fingerprint density at radius 2 is 2.20 bits per heavy atom. The van der Waals surface area contributed by atoms with Crippen LogP contribution in [0.4, 0.5) is 0 Å². The highest BCUT2D eigenvalue weighted by Gasteiger charge is 1.95. The zero-order valence-corrected chi connectivity index (χ0v) is 7.46. The van der Waals surface area contributed by atoms with Gasteiger partial charge in [-0.2, -0.15) is 0 Å². The molecule has 0 heterocycles. The second-order valence-corrected chi connectivity index (χ2v) is 3.47. The molecule has 0 amide bonds. The summed E-state index contributed by atoms with van der Waals surface area (Å²) in [5.41, 5.74) is 0. The fraction of sp³-hybridized carbons (Fsp3) is 1.00. The molecular formula is C6H15O3P. The van der Waals surface area contributed by atoms with Gasteiger partial charge in [0, 0.05) is 0 Å². The summed E-state index contributed by atoms with van der Waals surface area (Å²) in [6, 6.07) is 0. The molecule has 62 valence electrons. The Morgan fingerprint density at radius 1 is 1.60 bits per heavy atom. The van der Waals surface area contributed by atoms with E-state index in [0.717, 1.165) is 12.8 Å². The lowest BCUT2D eigenvalue weighted by molar-refractivity contribution is 0.269. The molecule has 0 aliphatic heterocycles. The van der Waals surface area contributed by atoms with E-state index in [1.54, 1.807) is 0 Å². The van der Waals surface area contributed by atoms with E-state index in [-0.39, 0.29) is 0 Å². The van der Waals surface area contributed by atoms with Crippen molar-refractivity contribution in [2.75, 3.05) is 6.61 Å². The molecule has 0 fully saturated rings. The minimum atomic E-state index is -2.68. The van der Waals surface area contributed by atoms with Gasteiger partial charge in [0.15, 0.2) is 0 Å². The molecule has 0 saturated heterocycles. The summed E-state index contributed by atoms with van der Waals surface area (Å²) < 4.78 is 14.5. The zero-order valence-electron chi connectivity index (χ0n) is 6.46. The van der Waals surface area contributed by atoms with Crippen LogP contribution in [0, 0.1) is 5.92 Å². The summed E-state index contributed by atoms with van der Waals surface area (Å²) in [5.74, 6) is 0.643. The van der Waals surface area contributed by atoms with Gasteiger partial charge in [0.05, 0.1) is 6.61 Å². The van der Waals surface area contributed by atoms with Gasteiger partial charge in [-0.1, -0.05) is 13.8 Å². The molecule has 0 bridgehead atoms. The molecule has 0 rings (SSSR count). The van der Waals surface area contributed by atoms with Crippen LogP contribution in [0.5, 0.6) is 0 Å². The van der Waals surface area contributed by atoms with E-state index >= 15 is 0 Å². The Bertz CT molecular complexity index is 103. The van der Waals surface area contributed by atoms with Crippen LogP contribution in [0.3, 0.4) is 0 Å². The highest BCUT2D eigenvalue weighted by molar-refractivity contribution is 7.32. The summed E-state index contributed by atoms with van der Waals surface area (Å²) in [6.45, 7) is 4.64. The summed E-state index contributed by atoms with van der Waals surface area (Å²) in [4.78, 5) is 8.24. The molecule has 1 atom stereocenters. The van der Waals surface area contributed by atoms with Crippen LogP contribution in [-0.4, -0.2) is 11.5 Å². The van der Waals surface area contributed by atoms with Crippen molar-refractivity contribution in [1.29, 1.82) is 0 Å². The van der Waals surface area contributed by atoms with E-state index in [2.05, 4.69) is 18.4 Å². The summed E-state index contributed by atoms with van der Waals surface area (Å²) in [7, 11) is -2.68. The second-order valence-electron chi connectivity index (χ2n) is 2.65. The Kier molecular flexibility index (Phi) is 5.99. The van der Waals surface area contributed by atoms with Gasteiger partial charge in [-0.3, -0.25) is 4.57 Å². The van der Waals surface area contributed by atoms with Crippen molar-refractivity contribution in [1.82, 2.24) is 0 Å². The molecule has 10 heavy (non-hydrogen) atoms. The zero-order chi connectivity index (χ0) is 7.98. The van der Waals surface area contributed by atoms with Crippen molar-refractivity contribution < 1.29 is 14.0 Å². The van der Waals surface area contributed by atoms with Crippen LogP contribution < -0.4 is 0 Å². The van der Waals surface area contributed by atoms with Crippen molar-refractivity contribution in [3.8, 4) is 0 Å². The van der Waals surface area contributed by atoms with Gasteiger partial charge in [0.2, 0.25) is 0 Å². The van der Waals surface area contributed by atoms with E-state index in [9.17, 15) is 4.57 Å². The summed E-state index contributed by atoms with van der Waals surface area (Å²) in [5, 5.41) is 0. The highest BCUT2D eigenvalue weighted by atomic mass is 31.1. The lowest BCUT2D eigenvalue weighted by Crippen LogP contribution is -1.91. The van der Waals surface area contributed by atoms with Crippen molar-refractivity contribution in [3.05, 3.63) is 0 Å². The second kappa shape index (κ2) is 5.90. The van der Waals surface area contributed by atoms with Crippen molar-refractivity contribution in [2.45, 2.75) is 26.7 Å². The fourth-order valence-corrected chi connectivity index (χ4v) is 0.970. The predicted molar refractivity (Wildman–Crippen MR) is 41.2 cm³/mol. The Balaban J connectivity index is 2.98. The van der Waals surface area contributed by atoms with E-state index in [1.807, 2.05) is 0 Å². The quantitative estimate of drug-likeness (QED) is 0.500. The van der Waals surface area contributed by atoms with Crippen LogP contribution in [-0.2, 0) is 9.09 Å². The molecule has 0 aromatic heterocycles. The smallest absolute Gasteiger partial charge is 0.316 e. The molecule has 0 aliphatic rings. The number of rotatable bonds is 5. The SMILES string of the molecule is CC(C)CCCO[PH](=O)O. The average Bonchev–Trinajstić information content (AvgIpc) is 1.79. The molecule has 3 nitrogen and oxygen atoms in total. The third-order valence-corrected chi connectivity index (χ3v) is 1.60. The van der Waals surface area contributed by atoms with Gasteiger partial charge in [-0.15, -0.1) is 0 Å². The third kappa shape index (κ3) is 8.15. The lowest BCUT2D eigenvalue weighted by Gasteiger charge is -2.02. The van der Waals surface area contributed by atoms with Gasteiger partial charge in [-0.25, -0.2) is 0 Å². The molecule has 0 saturated carbocycles. The first-order chi connectivity index (χ1) is 4.63. The molecule has 0 aromatic carbocycles. The first kappa shape index (κ1) is 10.2. The molecular weight excluding hydrogens is 151 g/mol. The van der Waals surface area contributed by atoms with Gasteiger partial charge in [0.1, 0.15) is 0 Å². The van der Waals surface area contributed by atoms with E-state index in [0.29, 0.717) is 12.5 Å². The maximum Gasteiger partial charge on any atom is 0.316 e. The maximum absolute atomic E-state index is 10.0. The molecule has 1 unspecified atom stereocenters. The van der Waals surface area contributed by atoms with Crippen LogP contribution in [0.2, 0.25) is 0 Å². The van der Waals surface area contributed by atoms with E-state index in [1.165, 1.54) is 0 Å². The van der Waals surface area contributed by atoms with Crippen LogP contribution in [0.15, 0.2) is 0 Å². The average molecular weight is 166 g/mol. The molecule has 0 aromatic rings. The van der Waals surface area contributed by atoms with Gasteiger partial charge >= 0.3 is 8.25 Å². The van der Waals surface area contributed by atoms with E-state index < -0.39 is 8.25 Å². The topological polar surface area (TPSA) is 46.5 Å². The monoisotopic (exact) mass is 166 g/mol. The Hall–Kier alpha value is 0.150. The van der Waals surface area contributed by atoms with Crippen molar-refractivity contribution in [2.24, 2.45) is 5.92 Å². The minimum absolute atomic E-state index is 0.409. The van der Waals surface area contributed by atoms with Crippen LogP contribution in [0.1, 0.15) is 26.7 Å².